The maximum absolute atomic E-state index is 3.56. The Morgan fingerprint density at radius 2 is 1.88 bits per heavy atom. The summed E-state index contributed by atoms with van der Waals surface area (Å²) in [5.74, 6) is 2.68. The number of thioether (sulfide) groups is 1. The van der Waals surface area contributed by atoms with Gasteiger partial charge in [-0.05, 0) is 43.5 Å². The van der Waals surface area contributed by atoms with Crippen molar-refractivity contribution in [2.75, 3.05) is 44.2 Å². The quantitative estimate of drug-likeness (QED) is 0.756. The summed E-state index contributed by atoms with van der Waals surface area (Å²) < 4.78 is 0. The van der Waals surface area contributed by atoms with E-state index >= 15 is 0 Å². The normalized spacial score (nSPS) is 19.2. The van der Waals surface area contributed by atoms with Gasteiger partial charge in [0.2, 0.25) is 0 Å². The van der Waals surface area contributed by atoms with E-state index in [2.05, 4.69) is 42.7 Å². The van der Waals surface area contributed by atoms with Crippen LogP contribution >= 0.6 is 11.8 Å². The molecule has 1 saturated heterocycles. The third-order valence-corrected chi connectivity index (χ3v) is 5.17. The van der Waals surface area contributed by atoms with Crippen LogP contribution in [0.2, 0.25) is 0 Å². The summed E-state index contributed by atoms with van der Waals surface area (Å²) >= 11 is 2.12. The molecular weight excluding hydrogens is 228 g/mol. The number of nitrogens with zero attached hydrogens (tertiary/aromatic N) is 1. The molecule has 0 atom stereocenters. The van der Waals surface area contributed by atoms with Crippen molar-refractivity contribution in [2.24, 2.45) is 5.41 Å². The zero-order valence-electron chi connectivity index (χ0n) is 11.9. The highest BCUT2D eigenvalue weighted by Gasteiger charge is 2.28. The smallest absolute Gasteiger partial charge is 0.00726 e. The van der Waals surface area contributed by atoms with Crippen LogP contribution in [-0.4, -0.2) is 49.1 Å². The van der Waals surface area contributed by atoms with Gasteiger partial charge in [0.05, 0.1) is 0 Å². The lowest BCUT2D eigenvalue weighted by Gasteiger charge is -2.37. The van der Waals surface area contributed by atoms with E-state index < -0.39 is 0 Å². The first-order valence-electron chi connectivity index (χ1n) is 7.27. The van der Waals surface area contributed by atoms with Gasteiger partial charge in [-0.1, -0.05) is 20.8 Å². The van der Waals surface area contributed by atoms with Gasteiger partial charge in [-0.25, -0.2) is 0 Å². The molecule has 1 aliphatic rings. The highest BCUT2D eigenvalue weighted by Crippen LogP contribution is 2.27. The Labute approximate surface area is 112 Å². The second-order valence-electron chi connectivity index (χ2n) is 5.23. The fourth-order valence-corrected chi connectivity index (χ4v) is 3.52. The Kier molecular flexibility index (Phi) is 7.56. The molecule has 0 bridgehead atoms. The Hall–Kier alpha value is 0.270. The standard InChI is InChI=1S/C14H30N2S/c1-4-14(5-2,12-15-6-3)13-16-8-7-10-17-11-9-16/h15H,4-13H2,1-3H3. The minimum absolute atomic E-state index is 0.491. The molecule has 1 N–H and O–H groups in total. The van der Waals surface area contributed by atoms with Gasteiger partial charge in [0, 0.05) is 25.4 Å². The monoisotopic (exact) mass is 258 g/mol. The molecule has 2 nitrogen and oxygen atoms in total. The van der Waals surface area contributed by atoms with Crippen LogP contribution in [0.3, 0.4) is 0 Å². The highest BCUT2D eigenvalue weighted by molar-refractivity contribution is 7.99. The minimum Gasteiger partial charge on any atom is -0.316 e. The van der Waals surface area contributed by atoms with Crippen LogP contribution in [-0.2, 0) is 0 Å². The molecule has 0 radical (unpaired) electrons. The van der Waals surface area contributed by atoms with Crippen LogP contribution in [0.1, 0.15) is 40.0 Å². The summed E-state index contributed by atoms with van der Waals surface area (Å²) in [5, 5.41) is 3.56. The summed E-state index contributed by atoms with van der Waals surface area (Å²) in [6.07, 6.45) is 3.95. The number of rotatable bonds is 7. The van der Waals surface area contributed by atoms with Gasteiger partial charge in [-0.3, -0.25) is 0 Å². The van der Waals surface area contributed by atoms with E-state index in [1.807, 2.05) is 0 Å². The van der Waals surface area contributed by atoms with Crippen LogP contribution in [0.25, 0.3) is 0 Å². The summed E-state index contributed by atoms with van der Waals surface area (Å²) in [5.41, 5.74) is 0.491. The van der Waals surface area contributed by atoms with Gasteiger partial charge in [0.15, 0.2) is 0 Å². The Morgan fingerprint density at radius 3 is 2.53 bits per heavy atom. The van der Waals surface area contributed by atoms with E-state index in [4.69, 9.17) is 0 Å². The zero-order valence-corrected chi connectivity index (χ0v) is 12.7. The topological polar surface area (TPSA) is 15.3 Å². The van der Waals surface area contributed by atoms with Crippen molar-refractivity contribution < 1.29 is 0 Å². The Morgan fingerprint density at radius 1 is 1.12 bits per heavy atom. The van der Waals surface area contributed by atoms with Gasteiger partial charge in [-0.15, -0.1) is 0 Å². The number of hydrogen-bond acceptors (Lipinski definition) is 3. The number of hydrogen-bond donors (Lipinski definition) is 1. The average Bonchev–Trinajstić information content (AvgIpc) is 2.63. The lowest BCUT2D eigenvalue weighted by molar-refractivity contribution is 0.141. The third kappa shape index (κ3) is 5.19. The van der Waals surface area contributed by atoms with Crippen molar-refractivity contribution in [2.45, 2.75) is 40.0 Å². The molecule has 1 heterocycles. The minimum atomic E-state index is 0.491. The molecule has 1 fully saturated rings. The van der Waals surface area contributed by atoms with Crippen molar-refractivity contribution in [1.82, 2.24) is 10.2 Å². The second kappa shape index (κ2) is 8.39. The summed E-state index contributed by atoms with van der Waals surface area (Å²) in [6, 6.07) is 0. The molecule has 0 amide bonds. The van der Waals surface area contributed by atoms with E-state index in [1.54, 1.807) is 0 Å². The van der Waals surface area contributed by atoms with Gasteiger partial charge in [0.1, 0.15) is 0 Å². The summed E-state index contributed by atoms with van der Waals surface area (Å²) in [6.45, 7) is 13.1. The molecule has 0 aliphatic carbocycles. The molecule has 3 heteroatoms. The van der Waals surface area contributed by atoms with Crippen molar-refractivity contribution in [3.05, 3.63) is 0 Å². The van der Waals surface area contributed by atoms with E-state index in [0.29, 0.717) is 5.41 Å². The maximum Gasteiger partial charge on any atom is 0.00726 e. The molecule has 102 valence electrons. The van der Waals surface area contributed by atoms with Gasteiger partial charge < -0.3 is 10.2 Å². The van der Waals surface area contributed by atoms with E-state index in [0.717, 1.165) is 6.54 Å². The van der Waals surface area contributed by atoms with Crippen LogP contribution in [0, 0.1) is 5.41 Å². The van der Waals surface area contributed by atoms with Crippen molar-refractivity contribution in [1.29, 1.82) is 0 Å². The van der Waals surface area contributed by atoms with Crippen LogP contribution in [0.5, 0.6) is 0 Å². The van der Waals surface area contributed by atoms with Gasteiger partial charge in [-0.2, -0.15) is 11.8 Å². The fraction of sp³-hybridized carbons (Fsp3) is 1.00. The molecular formula is C14H30N2S. The maximum atomic E-state index is 3.56. The zero-order chi connectivity index (χ0) is 12.6. The SMILES string of the molecule is CCNCC(CC)(CC)CN1CCCSCC1. The molecule has 1 rings (SSSR count). The van der Waals surface area contributed by atoms with Gasteiger partial charge >= 0.3 is 0 Å². The van der Waals surface area contributed by atoms with E-state index in [-0.39, 0.29) is 0 Å². The molecule has 0 aromatic carbocycles. The van der Waals surface area contributed by atoms with Crippen molar-refractivity contribution in [3.8, 4) is 0 Å². The molecule has 0 aromatic heterocycles. The molecule has 0 aromatic rings. The molecule has 0 spiro atoms. The first-order valence-corrected chi connectivity index (χ1v) is 8.42. The van der Waals surface area contributed by atoms with Gasteiger partial charge in [0.25, 0.3) is 0 Å². The molecule has 17 heavy (non-hydrogen) atoms. The van der Waals surface area contributed by atoms with Crippen molar-refractivity contribution >= 4 is 11.8 Å². The lowest BCUT2D eigenvalue weighted by Crippen LogP contribution is -2.44. The van der Waals surface area contributed by atoms with Crippen LogP contribution < -0.4 is 5.32 Å². The molecule has 0 saturated carbocycles. The fourth-order valence-electron chi connectivity index (χ4n) is 2.60. The Bertz CT molecular complexity index is 185. The largest absolute Gasteiger partial charge is 0.316 e. The highest BCUT2D eigenvalue weighted by atomic mass is 32.2. The predicted molar refractivity (Wildman–Crippen MR) is 79.9 cm³/mol. The van der Waals surface area contributed by atoms with E-state index in [1.165, 1.54) is 56.9 Å². The van der Waals surface area contributed by atoms with Crippen molar-refractivity contribution in [3.63, 3.8) is 0 Å². The summed E-state index contributed by atoms with van der Waals surface area (Å²) in [4.78, 5) is 2.70. The van der Waals surface area contributed by atoms with Crippen LogP contribution in [0.4, 0.5) is 0 Å². The Balaban J connectivity index is 2.50. The lowest BCUT2D eigenvalue weighted by atomic mass is 9.81. The van der Waals surface area contributed by atoms with E-state index in [9.17, 15) is 0 Å². The third-order valence-electron chi connectivity index (χ3n) is 4.12. The summed E-state index contributed by atoms with van der Waals surface area (Å²) in [7, 11) is 0. The molecule has 0 unspecified atom stereocenters. The second-order valence-corrected chi connectivity index (χ2v) is 6.45. The average molecular weight is 258 g/mol. The molecule has 1 aliphatic heterocycles. The van der Waals surface area contributed by atoms with Crippen LogP contribution in [0.15, 0.2) is 0 Å². The first-order chi connectivity index (χ1) is 8.26. The number of nitrogens with one attached hydrogen (secondary N) is 1. The first kappa shape index (κ1) is 15.3. The predicted octanol–water partition coefficient (Wildman–Crippen LogP) is 2.84.